The van der Waals surface area contributed by atoms with Crippen LogP contribution in [0.15, 0.2) is 63.5 Å². The normalized spacial score (nSPS) is 11.0. The Balaban J connectivity index is 1.69. The molecule has 0 spiro atoms. The van der Waals surface area contributed by atoms with Gasteiger partial charge in [0.05, 0.1) is 0 Å². The molecule has 0 amide bonds. The van der Waals surface area contributed by atoms with Gasteiger partial charge in [-0.2, -0.15) is 4.98 Å². The molecule has 0 atom stereocenters. The number of rotatable bonds is 3. The van der Waals surface area contributed by atoms with Crippen LogP contribution in [0.25, 0.3) is 34.0 Å². The smallest absolute Gasteiger partial charge is 0.293 e. The van der Waals surface area contributed by atoms with Crippen LogP contribution < -0.4 is 0 Å². The fourth-order valence-electron chi connectivity index (χ4n) is 2.38. The Hall–Kier alpha value is -3.21. The van der Waals surface area contributed by atoms with Gasteiger partial charge in [-0.3, -0.25) is 4.79 Å². The van der Waals surface area contributed by atoms with Gasteiger partial charge >= 0.3 is 0 Å². The number of carbonyl (C=O) groups is 1. The summed E-state index contributed by atoms with van der Waals surface area (Å²) in [6, 6.07) is 16.6. The maximum atomic E-state index is 11.3. The van der Waals surface area contributed by atoms with Crippen molar-refractivity contribution in [2.75, 3.05) is 0 Å². The lowest BCUT2D eigenvalue weighted by Crippen LogP contribution is -1.91. The summed E-state index contributed by atoms with van der Waals surface area (Å²) < 4.78 is 11.0. The van der Waals surface area contributed by atoms with E-state index in [1.54, 1.807) is 24.3 Å². The average molecular weight is 304 g/mol. The van der Waals surface area contributed by atoms with E-state index in [-0.39, 0.29) is 5.78 Å². The van der Waals surface area contributed by atoms with E-state index in [9.17, 15) is 4.79 Å². The molecule has 0 aliphatic heterocycles. The molecule has 0 N–H and O–H groups in total. The summed E-state index contributed by atoms with van der Waals surface area (Å²) in [6.45, 7) is 1.53. The van der Waals surface area contributed by atoms with Gasteiger partial charge in [0.15, 0.2) is 11.5 Å². The first-order valence-electron chi connectivity index (χ1n) is 7.15. The van der Waals surface area contributed by atoms with Crippen LogP contribution in [0.4, 0.5) is 0 Å². The lowest BCUT2D eigenvalue weighted by Gasteiger charge is -1.96. The fraction of sp³-hybridized carbons (Fsp3) is 0.0556. The summed E-state index contributed by atoms with van der Waals surface area (Å²) in [5.41, 5.74) is 2.20. The second-order valence-corrected chi connectivity index (χ2v) is 5.21. The van der Waals surface area contributed by atoms with E-state index in [0.29, 0.717) is 23.0 Å². The second kappa shape index (κ2) is 5.21. The summed E-state index contributed by atoms with van der Waals surface area (Å²) in [5, 5.41) is 4.96. The summed E-state index contributed by atoms with van der Waals surface area (Å²) in [7, 11) is 0. The van der Waals surface area contributed by atoms with Crippen LogP contribution in [0.1, 0.15) is 17.3 Å². The predicted molar refractivity (Wildman–Crippen MR) is 84.9 cm³/mol. The van der Waals surface area contributed by atoms with E-state index >= 15 is 0 Å². The Morgan fingerprint density at radius 3 is 2.57 bits per heavy atom. The molecule has 0 aliphatic carbocycles. The monoisotopic (exact) mass is 304 g/mol. The van der Waals surface area contributed by atoms with Crippen molar-refractivity contribution >= 4 is 16.8 Å². The quantitative estimate of drug-likeness (QED) is 0.526. The number of fused-ring (bicyclic) bond motifs is 1. The number of carbonyl (C=O) groups excluding carboxylic acids is 1. The predicted octanol–water partition coefficient (Wildman–Crippen LogP) is 4.35. The van der Waals surface area contributed by atoms with Gasteiger partial charge in [-0.1, -0.05) is 47.6 Å². The summed E-state index contributed by atoms with van der Waals surface area (Å²) in [4.78, 5) is 15.7. The topological polar surface area (TPSA) is 69.1 Å². The first-order chi connectivity index (χ1) is 11.2. The molecule has 2 aromatic heterocycles. The number of hydrogen-bond acceptors (Lipinski definition) is 5. The van der Waals surface area contributed by atoms with E-state index in [1.807, 2.05) is 30.3 Å². The third-order valence-corrected chi connectivity index (χ3v) is 3.61. The maximum Gasteiger partial charge on any atom is 0.293 e. The van der Waals surface area contributed by atoms with E-state index in [2.05, 4.69) is 10.1 Å². The zero-order valence-corrected chi connectivity index (χ0v) is 12.3. The van der Waals surface area contributed by atoms with E-state index in [1.165, 1.54) is 6.92 Å². The average Bonchev–Trinajstić information content (AvgIpc) is 3.21. The Labute approximate surface area is 131 Å². The largest absolute Gasteiger partial charge is 0.451 e. The van der Waals surface area contributed by atoms with Gasteiger partial charge in [-0.15, -0.1) is 0 Å². The van der Waals surface area contributed by atoms with Crippen LogP contribution in [0.5, 0.6) is 0 Å². The number of nitrogens with zero attached hydrogens (tertiary/aromatic N) is 2. The highest BCUT2D eigenvalue weighted by atomic mass is 16.5. The molecule has 5 nitrogen and oxygen atoms in total. The van der Waals surface area contributed by atoms with Crippen molar-refractivity contribution in [2.45, 2.75) is 6.92 Å². The Kier molecular flexibility index (Phi) is 3.05. The van der Waals surface area contributed by atoms with Gasteiger partial charge in [-0.05, 0) is 19.1 Å². The van der Waals surface area contributed by atoms with E-state index in [0.717, 1.165) is 16.5 Å². The van der Waals surface area contributed by atoms with Gasteiger partial charge < -0.3 is 8.94 Å². The lowest BCUT2D eigenvalue weighted by molar-refractivity contribution is 0.101. The number of aromatic nitrogens is 2. The molecule has 0 fully saturated rings. The highest BCUT2D eigenvalue weighted by Crippen LogP contribution is 2.28. The first kappa shape index (κ1) is 13.5. The number of ketones is 1. The van der Waals surface area contributed by atoms with Crippen LogP contribution in [0.3, 0.4) is 0 Å². The van der Waals surface area contributed by atoms with Gasteiger partial charge in [0.2, 0.25) is 5.82 Å². The van der Waals surface area contributed by atoms with Crippen molar-refractivity contribution in [3.05, 3.63) is 60.2 Å². The maximum absolute atomic E-state index is 11.3. The van der Waals surface area contributed by atoms with E-state index < -0.39 is 0 Å². The molecule has 5 heteroatoms. The van der Waals surface area contributed by atoms with Crippen molar-refractivity contribution in [2.24, 2.45) is 0 Å². The molecule has 0 bridgehead atoms. The minimum absolute atomic E-state index is 0.0210. The van der Waals surface area contributed by atoms with Crippen molar-refractivity contribution in [1.82, 2.24) is 10.1 Å². The molecule has 23 heavy (non-hydrogen) atoms. The van der Waals surface area contributed by atoms with Crippen molar-refractivity contribution < 1.29 is 13.7 Å². The lowest BCUT2D eigenvalue weighted by atomic mass is 10.1. The number of Topliss-reactive ketones (excluding diaryl/α,β-unsaturated/α-hetero) is 1. The molecule has 0 saturated carbocycles. The third-order valence-electron chi connectivity index (χ3n) is 3.61. The van der Waals surface area contributed by atoms with E-state index in [4.69, 9.17) is 8.94 Å². The number of hydrogen-bond donors (Lipinski definition) is 0. The Bertz CT molecular complexity index is 963. The van der Waals surface area contributed by atoms with Crippen molar-refractivity contribution in [1.29, 1.82) is 0 Å². The second-order valence-electron chi connectivity index (χ2n) is 5.21. The Morgan fingerprint density at radius 2 is 1.83 bits per heavy atom. The zero-order chi connectivity index (χ0) is 15.8. The van der Waals surface area contributed by atoms with Crippen molar-refractivity contribution in [3.63, 3.8) is 0 Å². The van der Waals surface area contributed by atoms with Gasteiger partial charge in [0.1, 0.15) is 5.58 Å². The highest BCUT2D eigenvalue weighted by Gasteiger charge is 2.15. The number of benzene rings is 2. The van der Waals surface area contributed by atoms with Crippen LogP contribution >= 0.6 is 0 Å². The molecular weight excluding hydrogens is 292 g/mol. The van der Waals surface area contributed by atoms with Crippen LogP contribution in [0.2, 0.25) is 0 Å². The third kappa shape index (κ3) is 2.42. The van der Waals surface area contributed by atoms with Gasteiger partial charge in [0.25, 0.3) is 5.89 Å². The summed E-state index contributed by atoms with van der Waals surface area (Å²) >= 11 is 0. The van der Waals surface area contributed by atoms with Gasteiger partial charge in [0, 0.05) is 16.5 Å². The molecule has 0 unspecified atom stereocenters. The zero-order valence-electron chi connectivity index (χ0n) is 12.3. The highest BCUT2D eigenvalue weighted by molar-refractivity contribution is 5.94. The Morgan fingerprint density at radius 1 is 1.04 bits per heavy atom. The molecule has 2 heterocycles. The first-order valence-corrected chi connectivity index (χ1v) is 7.15. The molecule has 112 valence electrons. The molecule has 4 aromatic rings. The standard InChI is InChI=1S/C18H12N2O3/c1-11(21)12-6-8-13(9-7-12)17-19-18(23-20-17)16-10-14-4-2-3-5-15(14)22-16/h2-10H,1H3. The molecule has 2 aromatic carbocycles. The molecular formula is C18H12N2O3. The minimum atomic E-state index is 0.0210. The molecule has 0 aliphatic rings. The van der Waals surface area contributed by atoms with Crippen LogP contribution in [-0.4, -0.2) is 15.9 Å². The van der Waals surface area contributed by atoms with Gasteiger partial charge in [-0.25, -0.2) is 0 Å². The van der Waals surface area contributed by atoms with Crippen LogP contribution in [-0.2, 0) is 0 Å². The SMILES string of the molecule is CC(=O)c1ccc(-c2noc(-c3cc4ccccc4o3)n2)cc1. The molecule has 0 saturated heterocycles. The summed E-state index contributed by atoms with van der Waals surface area (Å²) in [6.07, 6.45) is 0. The van der Waals surface area contributed by atoms with Crippen molar-refractivity contribution in [3.8, 4) is 23.0 Å². The minimum Gasteiger partial charge on any atom is -0.451 e. The number of para-hydroxylation sites is 1. The summed E-state index contributed by atoms with van der Waals surface area (Å²) in [5.74, 6) is 1.33. The fourth-order valence-corrected chi connectivity index (χ4v) is 2.38. The number of furan rings is 1. The molecule has 0 radical (unpaired) electrons. The molecule has 4 rings (SSSR count). The van der Waals surface area contributed by atoms with Crippen LogP contribution in [0, 0.1) is 0 Å².